The van der Waals surface area contributed by atoms with E-state index in [1.165, 1.54) is 18.2 Å². The Morgan fingerprint density at radius 1 is 1.03 bits per heavy atom. The molecule has 2 aromatic carbocycles. The number of rotatable bonds is 4. The van der Waals surface area contributed by atoms with E-state index in [4.69, 9.17) is 11.6 Å². The molecule has 1 aliphatic heterocycles. The minimum atomic E-state index is -4.14. The van der Waals surface area contributed by atoms with Crippen LogP contribution in [0.15, 0.2) is 59.5 Å². The number of carboxylic acid groups (broad SMARTS) is 1. The molecule has 9 heteroatoms. The standard InChI is InChI=1S/C20H16ClFN2O4S/c21-18-17(20(25)26)15-12-23(29(27,28)16-9-5-4-8-14(16)22)10-11-24(15)19(18)13-6-2-1-3-7-13/h1-9H,10-12H2,(H,25,26). The number of aromatic carboxylic acids is 1. The fourth-order valence-corrected chi connectivity index (χ4v) is 5.45. The van der Waals surface area contributed by atoms with Crippen LogP contribution in [0.4, 0.5) is 4.39 Å². The van der Waals surface area contributed by atoms with Gasteiger partial charge >= 0.3 is 5.97 Å². The topological polar surface area (TPSA) is 79.6 Å². The second-order valence-corrected chi connectivity index (χ2v) is 8.86. The largest absolute Gasteiger partial charge is 0.478 e. The van der Waals surface area contributed by atoms with E-state index in [2.05, 4.69) is 0 Å². The Labute approximate surface area is 171 Å². The van der Waals surface area contributed by atoms with Crippen molar-refractivity contribution in [2.24, 2.45) is 0 Å². The van der Waals surface area contributed by atoms with Crippen LogP contribution in [0.1, 0.15) is 16.1 Å². The predicted molar refractivity (Wildman–Crippen MR) is 106 cm³/mol. The van der Waals surface area contributed by atoms with Gasteiger partial charge in [-0.1, -0.05) is 54.1 Å². The summed E-state index contributed by atoms with van der Waals surface area (Å²) < 4.78 is 42.8. The molecule has 0 amide bonds. The van der Waals surface area contributed by atoms with Crippen molar-refractivity contribution >= 4 is 27.6 Å². The van der Waals surface area contributed by atoms with Gasteiger partial charge in [0.25, 0.3) is 0 Å². The zero-order valence-electron chi connectivity index (χ0n) is 15.0. The molecule has 0 atom stereocenters. The lowest BCUT2D eigenvalue weighted by atomic mass is 10.1. The first-order valence-electron chi connectivity index (χ1n) is 8.76. The van der Waals surface area contributed by atoms with Gasteiger partial charge in [0.1, 0.15) is 16.3 Å². The lowest BCUT2D eigenvalue weighted by molar-refractivity contribution is 0.0694. The smallest absolute Gasteiger partial charge is 0.339 e. The fraction of sp³-hybridized carbons (Fsp3) is 0.150. The number of halogens is 2. The quantitative estimate of drug-likeness (QED) is 0.676. The Hall–Kier alpha value is -2.68. The van der Waals surface area contributed by atoms with Crippen molar-refractivity contribution in [1.82, 2.24) is 8.87 Å². The van der Waals surface area contributed by atoms with Crippen LogP contribution in [0.2, 0.25) is 5.02 Å². The monoisotopic (exact) mass is 434 g/mol. The first kappa shape index (κ1) is 19.6. The third kappa shape index (κ3) is 3.23. The van der Waals surface area contributed by atoms with Crippen LogP contribution in [0, 0.1) is 5.82 Å². The molecule has 3 aromatic rings. The second-order valence-electron chi connectivity index (χ2n) is 6.58. The van der Waals surface area contributed by atoms with Gasteiger partial charge in [0.05, 0.1) is 17.3 Å². The Morgan fingerprint density at radius 3 is 2.34 bits per heavy atom. The molecule has 4 rings (SSSR count). The van der Waals surface area contributed by atoms with Crippen molar-refractivity contribution in [1.29, 1.82) is 0 Å². The normalized spacial score (nSPS) is 14.6. The molecule has 6 nitrogen and oxygen atoms in total. The highest BCUT2D eigenvalue weighted by Gasteiger charge is 2.36. The van der Waals surface area contributed by atoms with Crippen molar-refractivity contribution in [2.45, 2.75) is 18.0 Å². The Balaban J connectivity index is 1.83. The predicted octanol–water partition coefficient (Wildman–Crippen LogP) is 3.85. The highest BCUT2D eigenvalue weighted by molar-refractivity contribution is 7.89. The number of carboxylic acids is 1. The fourth-order valence-electron chi connectivity index (χ4n) is 3.60. The number of carbonyl (C=O) groups is 1. The van der Waals surface area contributed by atoms with E-state index < -0.39 is 26.7 Å². The summed E-state index contributed by atoms with van der Waals surface area (Å²) in [6.07, 6.45) is 0. The summed E-state index contributed by atoms with van der Waals surface area (Å²) in [5, 5.41) is 9.77. The Bertz CT molecular complexity index is 1210. The third-order valence-electron chi connectivity index (χ3n) is 4.93. The molecule has 1 aromatic heterocycles. The average Bonchev–Trinajstić information content (AvgIpc) is 3.00. The molecule has 0 saturated heterocycles. The molecule has 0 bridgehead atoms. The summed E-state index contributed by atoms with van der Waals surface area (Å²) in [7, 11) is -4.14. The second kappa shape index (κ2) is 7.29. The first-order chi connectivity index (χ1) is 13.8. The van der Waals surface area contributed by atoms with E-state index in [0.29, 0.717) is 5.69 Å². The molecule has 0 aliphatic carbocycles. The molecule has 150 valence electrons. The van der Waals surface area contributed by atoms with Crippen LogP contribution >= 0.6 is 11.6 Å². The van der Waals surface area contributed by atoms with E-state index in [9.17, 15) is 22.7 Å². The third-order valence-corrected chi connectivity index (χ3v) is 7.17. The van der Waals surface area contributed by atoms with Gasteiger partial charge in [0.15, 0.2) is 0 Å². The molecule has 0 saturated carbocycles. The number of aromatic nitrogens is 1. The molecule has 1 aliphatic rings. The molecule has 0 fully saturated rings. The van der Waals surface area contributed by atoms with E-state index >= 15 is 0 Å². The highest BCUT2D eigenvalue weighted by atomic mass is 35.5. The number of sulfonamides is 1. The van der Waals surface area contributed by atoms with Crippen LogP contribution in [0.3, 0.4) is 0 Å². The van der Waals surface area contributed by atoms with E-state index in [1.807, 2.05) is 30.3 Å². The van der Waals surface area contributed by atoms with E-state index in [0.717, 1.165) is 15.9 Å². The zero-order valence-corrected chi connectivity index (χ0v) is 16.6. The van der Waals surface area contributed by atoms with Gasteiger partial charge in [-0.15, -0.1) is 0 Å². The highest BCUT2D eigenvalue weighted by Crippen LogP contribution is 2.39. The zero-order chi connectivity index (χ0) is 20.8. The first-order valence-corrected chi connectivity index (χ1v) is 10.6. The maximum atomic E-state index is 14.1. The molecule has 29 heavy (non-hydrogen) atoms. The number of hydrogen-bond acceptors (Lipinski definition) is 3. The number of fused-ring (bicyclic) bond motifs is 1. The summed E-state index contributed by atoms with van der Waals surface area (Å²) in [4.78, 5) is 11.5. The number of nitrogens with zero attached hydrogens (tertiary/aromatic N) is 2. The van der Waals surface area contributed by atoms with Gasteiger partial charge in [-0.25, -0.2) is 17.6 Å². The maximum Gasteiger partial charge on any atom is 0.339 e. The molecular formula is C20H16ClFN2O4S. The molecule has 0 radical (unpaired) electrons. The lowest BCUT2D eigenvalue weighted by Gasteiger charge is -2.29. The van der Waals surface area contributed by atoms with Crippen molar-refractivity contribution in [3.05, 3.63) is 76.7 Å². The number of hydrogen-bond donors (Lipinski definition) is 1. The molecule has 2 heterocycles. The lowest BCUT2D eigenvalue weighted by Crippen LogP contribution is -2.39. The summed E-state index contributed by atoms with van der Waals surface area (Å²) in [5.74, 6) is -2.10. The van der Waals surface area contributed by atoms with Gasteiger partial charge in [0, 0.05) is 18.8 Å². The van der Waals surface area contributed by atoms with Crippen LogP contribution < -0.4 is 0 Å². The summed E-state index contributed by atoms with van der Waals surface area (Å²) in [6.45, 7) is 0.0403. The number of benzene rings is 2. The van der Waals surface area contributed by atoms with E-state index in [1.54, 1.807) is 4.57 Å². The minimum Gasteiger partial charge on any atom is -0.478 e. The van der Waals surface area contributed by atoms with Crippen molar-refractivity contribution in [2.75, 3.05) is 6.54 Å². The van der Waals surface area contributed by atoms with Gasteiger partial charge < -0.3 is 9.67 Å². The van der Waals surface area contributed by atoms with Crippen LogP contribution in [-0.2, 0) is 23.1 Å². The molecule has 0 unspecified atom stereocenters. The van der Waals surface area contributed by atoms with Crippen molar-refractivity contribution in [3.8, 4) is 11.3 Å². The summed E-state index contributed by atoms with van der Waals surface area (Å²) in [6, 6.07) is 14.2. The average molecular weight is 435 g/mol. The van der Waals surface area contributed by atoms with Crippen molar-refractivity contribution in [3.63, 3.8) is 0 Å². The Morgan fingerprint density at radius 2 is 1.69 bits per heavy atom. The van der Waals surface area contributed by atoms with E-state index in [-0.39, 0.29) is 35.9 Å². The van der Waals surface area contributed by atoms with Crippen LogP contribution in [-0.4, -0.2) is 34.9 Å². The summed E-state index contributed by atoms with van der Waals surface area (Å²) in [5.41, 5.74) is 1.39. The van der Waals surface area contributed by atoms with Gasteiger partial charge in [-0.3, -0.25) is 0 Å². The van der Waals surface area contributed by atoms with Crippen LogP contribution in [0.25, 0.3) is 11.3 Å². The molecule has 0 spiro atoms. The summed E-state index contributed by atoms with van der Waals surface area (Å²) >= 11 is 6.42. The van der Waals surface area contributed by atoms with Crippen LogP contribution in [0.5, 0.6) is 0 Å². The SMILES string of the molecule is O=C(O)c1c(Cl)c(-c2ccccc2)n2c1CN(S(=O)(=O)c1ccccc1F)CC2. The van der Waals surface area contributed by atoms with Crippen molar-refractivity contribution < 1.29 is 22.7 Å². The van der Waals surface area contributed by atoms with Gasteiger partial charge in [-0.05, 0) is 17.7 Å². The maximum absolute atomic E-state index is 14.1. The Kier molecular flexibility index (Phi) is 4.94. The van der Waals surface area contributed by atoms with Gasteiger partial charge in [0.2, 0.25) is 10.0 Å². The molecular weight excluding hydrogens is 419 g/mol. The molecule has 1 N–H and O–H groups in total. The van der Waals surface area contributed by atoms with Gasteiger partial charge in [-0.2, -0.15) is 4.31 Å². The minimum absolute atomic E-state index is 0.0591.